The van der Waals surface area contributed by atoms with Gasteiger partial charge in [-0.1, -0.05) is 5.10 Å². The van der Waals surface area contributed by atoms with Crippen molar-refractivity contribution in [3.8, 4) is 0 Å². The van der Waals surface area contributed by atoms with Crippen LogP contribution in [0.2, 0.25) is 0 Å². The third-order valence-corrected chi connectivity index (χ3v) is 2.71. The first-order valence-electron chi connectivity index (χ1n) is 4.96. The number of aromatic nitrogens is 4. The Morgan fingerprint density at radius 2 is 2.43 bits per heavy atom. The fourth-order valence-electron chi connectivity index (χ4n) is 2.01. The van der Waals surface area contributed by atoms with Crippen LogP contribution in [-0.4, -0.2) is 45.2 Å². The number of nitrogen functional groups attached to an aromatic ring is 1. The Morgan fingerprint density at radius 3 is 3.07 bits per heavy atom. The Labute approximate surface area is 83.1 Å². The molecule has 6 nitrogen and oxygen atoms in total. The van der Waals surface area contributed by atoms with Crippen LogP contribution >= 0.6 is 0 Å². The molecule has 0 radical (unpaired) electrons. The maximum absolute atomic E-state index is 5.61. The van der Waals surface area contributed by atoms with E-state index in [4.69, 9.17) is 5.73 Å². The average Bonchev–Trinajstić information content (AvgIpc) is 2.52. The summed E-state index contributed by atoms with van der Waals surface area (Å²) in [5.74, 6) is 1.04. The molecule has 2 N–H and O–H groups in total. The Bertz CT molecular complexity index is 296. The van der Waals surface area contributed by atoms with Crippen LogP contribution in [0.25, 0.3) is 0 Å². The van der Waals surface area contributed by atoms with Crippen LogP contribution in [-0.2, 0) is 6.54 Å². The van der Waals surface area contributed by atoms with E-state index in [0.717, 1.165) is 13.1 Å². The van der Waals surface area contributed by atoms with Crippen LogP contribution in [0.15, 0.2) is 0 Å². The Balaban J connectivity index is 1.94. The highest BCUT2D eigenvalue weighted by molar-refractivity contribution is 5.09. The van der Waals surface area contributed by atoms with E-state index in [9.17, 15) is 0 Å². The second kappa shape index (κ2) is 3.91. The molecule has 1 aliphatic heterocycles. The van der Waals surface area contributed by atoms with Crippen molar-refractivity contribution in [1.82, 2.24) is 25.1 Å². The third kappa shape index (κ3) is 2.01. The summed E-state index contributed by atoms with van der Waals surface area (Å²) in [6.45, 7) is 3.14. The first-order chi connectivity index (χ1) is 6.75. The number of nitrogens with two attached hydrogens (primary N) is 1. The van der Waals surface area contributed by atoms with Gasteiger partial charge in [-0.15, -0.1) is 0 Å². The first kappa shape index (κ1) is 9.39. The maximum Gasteiger partial charge on any atom is 0.240 e. The molecule has 2 rings (SSSR count). The van der Waals surface area contributed by atoms with Gasteiger partial charge < -0.3 is 10.6 Å². The predicted octanol–water partition coefficient (Wildman–Crippen LogP) is -0.403. The minimum atomic E-state index is 0.415. The number of rotatable bonds is 2. The smallest absolute Gasteiger partial charge is 0.240 e. The summed E-state index contributed by atoms with van der Waals surface area (Å²) >= 11 is 0. The molecule has 0 spiro atoms. The predicted molar refractivity (Wildman–Crippen MR) is 52.5 cm³/mol. The van der Waals surface area contributed by atoms with Crippen molar-refractivity contribution in [2.45, 2.75) is 19.4 Å². The zero-order valence-electron chi connectivity index (χ0n) is 8.43. The summed E-state index contributed by atoms with van der Waals surface area (Å²) in [5, 5.41) is 11.0. The van der Waals surface area contributed by atoms with E-state index in [1.807, 2.05) is 0 Å². The number of hydrogen-bond acceptors (Lipinski definition) is 5. The van der Waals surface area contributed by atoms with E-state index in [2.05, 4.69) is 27.5 Å². The largest absolute Gasteiger partial charge is 0.367 e. The topological polar surface area (TPSA) is 72.9 Å². The van der Waals surface area contributed by atoms with Crippen molar-refractivity contribution in [2.75, 3.05) is 25.9 Å². The third-order valence-electron chi connectivity index (χ3n) is 2.71. The summed E-state index contributed by atoms with van der Waals surface area (Å²) in [6.07, 6.45) is 2.49. The standard InChI is InChI=1S/C8H16N6/c1-13-4-2-3-7(5-13)6-14-8(9)10-11-12-14/h7H,2-6H2,1H3,(H2,9,10,12). The minimum Gasteiger partial charge on any atom is -0.367 e. The molecule has 0 amide bonds. The summed E-state index contributed by atoms with van der Waals surface area (Å²) in [7, 11) is 2.15. The van der Waals surface area contributed by atoms with Crippen LogP contribution in [0.3, 0.4) is 0 Å². The van der Waals surface area contributed by atoms with Crippen LogP contribution < -0.4 is 5.73 Å². The lowest BCUT2D eigenvalue weighted by Crippen LogP contribution is -2.34. The molecule has 1 fully saturated rings. The van der Waals surface area contributed by atoms with Crippen molar-refractivity contribution < 1.29 is 0 Å². The zero-order chi connectivity index (χ0) is 9.97. The van der Waals surface area contributed by atoms with E-state index in [1.54, 1.807) is 4.68 Å². The number of nitrogens with zero attached hydrogens (tertiary/aromatic N) is 5. The molecular weight excluding hydrogens is 180 g/mol. The fraction of sp³-hybridized carbons (Fsp3) is 0.875. The summed E-state index contributed by atoms with van der Waals surface area (Å²) in [4.78, 5) is 2.34. The van der Waals surface area contributed by atoms with Gasteiger partial charge in [0.15, 0.2) is 0 Å². The summed E-state index contributed by atoms with van der Waals surface area (Å²) < 4.78 is 1.68. The summed E-state index contributed by atoms with van der Waals surface area (Å²) in [5.41, 5.74) is 5.61. The van der Waals surface area contributed by atoms with Crippen molar-refractivity contribution in [3.05, 3.63) is 0 Å². The fourth-order valence-corrected chi connectivity index (χ4v) is 2.01. The van der Waals surface area contributed by atoms with E-state index >= 15 is 0 Å². The SMILES string of the molecule is CN1CCCC(Cn2nnnc2N)C1. The van der Waals surface area contributed by atoms with Gasteiger partial charge in [0, 0.05) is 6.54 Å². The maximum atomic E-state index is 5.61. The van der Waals surface area contributed by atoms with Gasteiger partial charge in [0.1, 0.15) is 0 Å². The molecule has 1 aromatic heterocycles. The molecule has 1 unspecified atom stereocenters. The molecule has 1 atom stereocenters. The average molecular weight is 196 g/mol. The van der Waals surface area contributed by atoms with Gasteiger partial charge in [-0.2, -0.15) is 0 Å². The molecule has 1 aliphatic rings. The van der Waals surface area contributed by atoms with Gasteiger partial charge in [0.05, 0.1) is 6.54 Å². The number of hydrogen-bond donors (Lipinski definition) is 1. The highest BCUT2D eigenvalue weighted by Crippen LogP contribution is 2.17. The molecule has 78 valence electrons. The molecule has 2 heterocycles. The Hall–Kier alpha value is -1.17. The highest BCUT2D eigenvalue weighted by Gasteiger charge is 2.18. The van der Waals surface area contributed by atoms with Crippen molar-refractivity contribution >= 4 is 5.95 Å². The minimum absolute atomic E-state index is 0.415. The monoisotopic (exact) mass is 196 g/mol. The van der Waals surface area contributed by atoms with Crippen molar-refractivity contribution in [3.63, 3.8) is 0 Å². The van der Waals surface area contributed by atoms with E-state index in [0.29, 0.717) is 11.9 Å². The lowest BCUT2D eigenvalue weighted by atomic mass is 9.99. The molecule has 1 aromatic rings. The molecule has 0 bridgehead atoms. The van der Waals surface area contributed by atoms with Crippen LogP contribution in [0.1, 0.15) is 12.8 Å². The van der Waals surface area contributed by atoms with Crippen LogP contribution in [0.5, 0.6) is 0 Å². The quantitative estimate of drug-likeness (QED) is 0.696. The van der Waals surface area contributed by atoms with E-state index in [1.165, 1.54) is 19.4 Å². The van der Waals surface area contributed by atoms with E-state index < -0.39 is 0 Å². The number of piperidine rings is 1. The molecule has 0 aromatic carbocycles. The van der Waals surface area contributed by atoms with Crippen molar-refractivity contribution in [1.29, 1.82) is 0 Å². The van der Waals surface area contributed by atoms with Gasteiger partial charge in [-0.3, -0.25) is 0 Å². The molecule has 0 saturated carbocycles. The number of likely N-dealkylation sites (tertiary alicyclic amines) is 1. The van der Waals surface area contributed by atoms with Gasteiger partial charge >= 0.3 is 0 Å². The molecule has 1 saturated heterocycles. The van der Waals surface area contributed by atoms with Crippen LogP contribution in [0, 0.1) is 5.92 Å². The van der Waals surface area contributed by atoms with Gasteiger partial charge in [0.2, 0.25) is 5.95 Å². The van der Waals surface area contributed by atoms with Gasteiger partial charge in [0.25, 0.3) is 0 Å². The lowest BCUT2D eigenvalue weighted by molar-refractivity contribution is 0.190. The molecule has 0 aliphatic carbocycles. The zero-order valence-corrected chi connectivity index (χ0v) is 8.43. The Morgan fingerprint density at radius 1 is 1.57 bits per heavy atom. The van der Waals surface area contributed by atoms with Gasteiger partial charge in [-0.05, 0) is 42.8 Å². The van der Waals surface area contributed by atoms with Crippen molar-refractivity contribution in [2.24, 2.45) is 5.92 Å². The number of tetrazole rings is 1. The number of anilines is 1. The second-order valence-electron chi connectivity index (χ2n) is 3.99. The normalized spacial score (nSPS) is 23.9. The van der Waals surface area contributed by atoms with E-state index in [-0.39, 0.29) is 0 Å². The van der Waals surface area contributed by atoms with Crippen LogP contribution in [0.4, 0.5) is 5.95 Å². The van der Waals surface area contributed by atoms with Gasteiger partial charge in [-0.25, -0.2) is 4.68 Å². The molecular formula is C8H16N6. The Kier molecular flexibility index (Phi) is 2.62. The molecule has 6 heteroatoms. The molecule has 14 heavy (non-hydrogen) atoms. The second-order valence-corrected chi connectivity index (χ2v) is 3.99. The highest BCUT2D eigenvalue weighted by atomic mass is 15.6. The summed E-state index contributed by atoms with van der Waals surface area (Å²) in [6, 6.07) is 0. The first-order valence-corrected chi connectivity index (χ1v) is 4.96. The lowest BCUT2D eigenvalue weighted by Gasteiger charge is -2.29.